The Bertz CT molecular complexity index is 1070. The van der Waals surface area contributed by atoms with Crippen LogP contribution in [0.4, 0.5) is 0 Å². The zero-order valence-electron chi connectivity index (χ0n) is 16.1. The van der Waals surface area contributed by atoms with Crippen LogP contribution in [0.1, 0.15) is 58.8 Å². The van der Waals surface area contributed by atoms with Crippen molar-refractivity contribution in [2.24, 2.45) is 5.92 Å². The molecule has 28 heavy (non-hydrogen) atoms. The van der Waals surface area contributed by atoms with Crippen molar-refractivity contribution in [1.82, 2.24) is 9.88 Å². The summed E-state index contributed by atoms with van der Waals surface area (Å²) in [5, 5.41) is 1.02. The molecule has 0 fully saturated rings. The van der Waals surface area contributed by atoms with Crippen LogP contribution in [0, 0.1) is 9.49 Å². The summed E-state index contributed by atoms with van der Waals surface area (Å²) >= 11 is 2.29. The van der Waals surface area contributed by atoms with Gasteiger partial charge in [-0.15, -0.1) is 0 Å². The maximum atomic E-state index is 12.9. The highest BCUT2D eigenvalue weighted by Gasteiger charge is 2.39. The standard InChI is InChI=1S/C23H21IN2O2/c1-13(2)10-21-19(11-15-8-9-16(24)12-20(15)25-21)14(3)26-22(27)17-6-4-5-7-18(17)23(26)28/h4-9,11-14H,10H2,1-3H3/t14-/m0/s1. The highest BCUT2D eigenvalue weighted by Crippen LogP contribution is 2.34. The molecule has 2 aromatic carbocycles. The van der Waals surface area contributed by atoms with E-state index in [1.165, 1.54) is 4.90 Å². The highest BCUT2D eigenvalue weighted by molar-refractivity contribution is 14.1. The normalized spacial score (nSPS) is 14.8. The third-order valence-corrected chi connectivity index (χ3v) is 5.83. The monoisotopic (exact) mass is 484 g/mol. The van der Waals surface area contributed by atoms with E-state index in [4.69, 9.17) is 4.98 Å². The number of aromatic nitrogens is 1. The van der Waals surface area contributed by atoms with Gasteiger partial charge in [0.15, 0.2) is 0 Å². The highest BCUT2D eigenvalue weighted by atomic mass is 127. The summed E-state index contributed by atoms with van der Waals surface area (Å²) in [6.45, 7) is 6.22. The molecular formula is C23H21IN2O2. The number of nitrogens with zero attached hydrogens (tertiary/aromatic N) is 2. The van der Waals surface area contributed by atoms with Gasteiger partial charge in [-0.1, -0.05) is 32.0 Å². The lowest BCUT2D eigenvalue weighted by molar-refractivity contribution is 0.0594. The minimum absolute atomic E-state index is 0.230. The fraction of sp³-hybridized carbons (Fsp3) is 0.261. The summed E-state index contributed by atoms with van der Waals surface area (Å²) in [6.07, 6.45) is 0.796. The van der Waals surface area contributed by atoms with Gasteiger partial charge in [0, 0.05) is 14.7 Å². The molecule has 2 amide bonds. The molecule has 2 heterocycles. The van der Waals surface area contributed by atoms with Gasteiger partial charge in [-0.05, 0) is 77.7 Å². The fourth-order valence-electron chi connectivity index (χ4n) is 3.81. The molecule has 0 saturated carbocycles. The Morgan fingerprint density at radius 3 is 2.21 bits per heavy atom. The number of fused-ring (bicyclic) bond motifs is 2. The van der Waals surface area contributed by atoms with Crippen molar-refractivity contribution in [3.8, 4) is 0 Å². The van der Waals surface area contributed by atoms with E-state index in [-0.39, 0.29) is 17.9 Å². The smallest absolute Gasteiger partial charge is 0.262 e. The Labute approximate surface area is 178 Å². The number of carbonyl (C=O) groups excluding carboxylic acids is 2. The second-order valence-corrected chi connectivity index (χ2v) is 8.91. The molecule has 0 aliphatic carbocycles. The number of hydrogen-bond acceptors (Lipinski definition) is 3. The first-order valence-corrected chi connectivity index (χ1v) is 10.5. The summed E-state index contributed by atoms with van der Waals surface area (Å²) in [5.74, 6) is -0.0431. The Balaban J connectivity index is 1.82. The molecule has 0 N–H and O–H groups in total. The molecule has 0 unspecified atom stereocenters. The van der Waals surface area contributed by atoms with E-state index in [0.717, 1.165) is 32.2 Å². The first-order valence-electron chi connectivity index (χ1n) is 9.43. The van der Waals surface area contributed by atoms with Gasteiger partial charge in [0.05, 0.1) is 22.7 Å². The van der Waals surface area contributed by atoms with Crippen LogP contribution >= 0.6 is 22.6 Å². The minimum Gasteiger partial charge on any atom is -0.269 e. The van der Waals surface area contributed by atoms with Crippen LogP contribution < -0.4 is 0 Å². The van der Waals surface area contributed by atoms with Gasteiger partial charge in [-0.3, -0.25) is 19.5 Å². The Morgan fingerprint density at radius 2 is 1.61 bits per heavy atom. The van der Waals surface area contributed by atoms with Gasteiger partial charge in [0.2, 0.25) is 0 Å². The number of rotatable bonds is 4. The van der Waals surface area contributed by atoms with E-state index in [1.807, 2.05) is 19.1 Å². The van der Waals surface area contributed by atoms with Gasteiger partial charge in [-0.2, -0.15) is 0 Å². The van der Waals surface area contributed by atoms with E-state index in [2.05, 4.69) is 48.6 Å². The maximum absolute atomic E-state index is 12.9. The lowest BCUT2D eigenvalue weighted by Crippen LogP contribution is -2.33. The number of benzene rings is 2. The second-order valence-electron chi connectivity index (χ2n) is 7.66. The number of amides is 2. The zero-order chi connectivity index (χ0) is 20.0. The Hall–Kier alpha value is -2.28. The number of imide groups is 1. The second kappa shape index (κ2) is 7.28. The first kappa shape index (κ1) is 19.1. The molecule has 0 radical (unpaired) electrons. The summed E-state index contributed by atoms with van der Waals surface area (Å²) in [7, 11) is 0. The third-order valence-electron chi connectivity index (χ3n) is 5.16. The van der Waals surface area contributed by atoms with Crippen molar-refractivity contribution in [2.75, 3.05) is 0 Å². The predicted molar refractivity (Wildman–Crippen MR) is 118 cm³/mol. The number of pyridine rings is 1. The molecule has 5 heteroatoms. The van der Waals surface area contributed by atoms with Crippen LogP contribution in [0.5, 0.6) is 0 Å². The molecule has 142 valence electrons. The molecule has 1 atom stereocenters. The molecule has 0 saturated heterocycles. The van der Waals surface area contributed by atoms with Gasteiger partial charge in [0.25, 0.3) is 11.8 Å². The molecule has 0 spiro atoms. The van der Waals surface area contributed by atoms with E-state index in [1.54, 1.807) is 24.3 Å². The van der Waals surface area contributed by atoms with Crippen LogP contribution in [-0.4, -0.2) is 21.7 Å². The van der Waals surface area contributed by atoms with Gasteiger partial charge >= 0.3 is 0 Å². The number of halogens is 1. The molecule has 1 aliphatic rings. The lowest BCUT2D eigenvalue weighted by atomic mass is 9.96. The van der Waals surface area contributed by atoms with Gasteiger partial charge in [0.1, 0.15) is 0 Å². The molecule has 0 bridgehead atoms. The van der Waals surface area contributed by atoms with Crippen LogP contribution in [0.15, 0.2) is 48.5 Å². The topological polar surface area (TPSA) is 50.3 Å². The quantitative estimate of drug-likeness (QED) is 0.369. The van der Waals surface area contributed by atoms with E-state index in [0.29, 0.717) is 17.0 Å². The van der Waals surface area contributed by atoms with Crippen molar-refractivity contribution in [3.05, 3.63) is 74.5 Å². The zero-order valence-corrected chi connectivity index (χ0v) is 18.2. The molecule has 3 aromatic rings. The predicted octanol–water partition coefficient (Wildman–Crippen LogP) is 5.40. The summed E-state index contributed by atoms with van der Waals surface area (Å²) < 4.78 is 1.13. The van der Waals surface area contributed by atoms with Crippen molar-refractivity contribution in [3.63, 3.8) is 0 Å². The maximum Gasteiger partial charge on any atom is 0.262 e. The summed E-state index contributed by atoms with van der Waals surface area (Å²) in [6, 6.07) is 14.9. The largest absolute Gasteiger partial charge is 0.269 e. The van der Waals surface area contributed by atoms with E-state index < -0.39 is 0 Å². The molecule has 4 rings (SSSR count). The average molecular weight is 484 g/mol. The summed E-state index contributed by atoms with van der Waals surface area (Å²) in [5.41, 5.74) is 3.80. The number of carbonyl (C=O) groups is 2. The lowest BCUT2D eigenvalue weighted by Gasteiger charge is -2.25. The van der Waals surface area contributed by atoms with Crippen LogP contribution in [-0.2, 0) is 6.42 Å². The third kappa shape index (κ3) is 3.21. The fourth-order valence-corrected chi connectivity index (χ4v) is 4.28. The molecular weight excluding hydrogens is 463 g/mol. The minimum atomic E-state index is -0.377. The number of hydrogen-bond donors (Lipinski definition) is 0. The van der Waals surface area contributed by atoms with Crippen molar-refractivity contribution in [1.29, 1.82) is 0 Å². The van der Waals surface area contributed by atoms with Crippen molar-refractivity contribution in [2.45, 2.75) is 33.2 Å². The van der Waals surface area contributed by atoms with Crippen LogP contribution in [0.3, 0.4) is 0 Å². The van der Waals surface area contributed by atoms with E-state index in [9.17, 15) is 9.59 Å². The SMILES string of the molecule is CC(C)Cc1nc2cc(I)ccc2cc1[C@H](C)N1C(=O)c2ccccc2C1=O. The first-order chi connectivity index (χ1) is 13.4. The van der Waals surface area contributed by atoms with Crippen LogP contribution in [0.25, 0.3) is 10.9 Å². The van der Waals surface area contributed by atoms with E-state index >= 15 is 0 Å². The van der Waals surface area contributed by atoms with Crippen molar-refractivity contribution < 1.29 is 9.59 Å². The molecule has 1 aliphatic heterocycles. The average Bonchev–Trinajstić information content (AvgIpc) is 2.91. The molecule has 4 nitrogen and oxygen atoms in total. The molecule has 1 aromatic heterocycles. The van der Waals surface area contributed by atoms with Crippen LogP contribution in [0.2, 0.25) is 0 Å². The Morgan fingerprint density at radius 1 is 0.964 bits per heavy atom. The van der Waals surface area contributed by atoms with Crippen molar-refractivity contribution >= 4 is 45.3 Å². The van der Waals surface area contributed by atoms with Gasteiger partial charge in [-0.25, -0.2) is 0 Å². The summed E-state index contributed by atoms with van der Waals surface area (Å²) in [4.78, 5) is 32.2. The van der Waals surface area contributed by atoms with Gasteiger partial charge < -0.3 is 0 Å². The Kier molecular flexibility index (Phi) is 4.95.